The number of nitrogens with zero attached hydrogens (tertiary/aromatic N) is 4. The standard InChI is InChI=1S/C46H54N8O7/c1-27(59-2)39(51-45(57)60-3)43(55)53-21-7-11-37(53)42-48-26-36(50-42)34-20-19-32-23-31(17-18-33(32)24-34)28-13-15-29(16-14-28)35-25-47-41(49-35)38-12-8-22-54(38)44(56)40(52-46(58)61-4)30-9-5-6-10-30/h13-20,23-27,30,37-40H,5-12,21-22H2,1-4H3,(H,47,49)(H,48,50)(H,51,57)(H,52,58)/t27-,37+,38+,39+,40+/m1/s1. The van der Waals surface area contributed by atoms with E-state index in [9.17, 15) is 19.2 Å². The molecule has 15 nitrogen and oxygen atoms in total. The number of H-pyrrole nitrogens is 2. The summed E-state index contributed by atoms with van der Waals surface area (Å²) >= 11 is 0. The van der Waals surface area contributed by atoms with Gasteiger partial charge in [0, 0.05) is 25.8 Å². The van der Waals surface area contributed by atoms with Crippen LogP contribution in [-0.2, 0) is 23.8 Å². The molecule has 5 atom stereocenters. The van der Waals surface area contributed by atoms with Gasteiger partial charge in [0.25, 0.3) is 0 Å². The van der Waals surface area contributed by atoms with Crippen molar-refractivity contribution in [2.75, 3.05) is 34.4 Å². The van der Waals surface area contributed by atoms with E-state index in [1.165, 1.54) is 21.3 Å². The third-order valence-corrected chi connectivity index (χ3v) is 12.7. The summed E-state index contributed by atoms with van der Waals surface area (Å²) in [5, 5.41) is 7.65. The minimum absolute atomic E-state index is 0.0649. The number of aromatic amines is 2. The van der Waals surface area contributed by atoms with Crippen LogP contribution in [0.25, 0.3) is 44.4 Å². The second kappa shape index (κ2) is 18.2. The summed E-state index contributed by atoms with van der Waals surface area (Å²) in [6.07, 6.45) is 8.98. The van der Waals surface area contributed by atoms with Crippen molar-refractivity contribution in [2.45, 2.75) is 88.6 Å². The van der Waals surface area contributed by atoms with Crippen LogP contribution in [0.2, 0.25) is 0 Å². The number of aromatic nitrogens is 4. The van der Waals surface area contributed by atoms with Crippen LogP contribution in [0.3, 0.4) is 0 Å². The first-order chi connectivity index (χ1) is 29.6. The van der Waals surface area contributed by atoms with Gasteiger partial charge in [-0.2, -0.15) is 0 Å². The average molecular weight is 831 g/mol. The highest BCUT2D eigenvalue weighted by Gasteiger charge is 2.41. The largest absolute Gasteiger partial charge is 0.453 e. The van der Waals surface area contributed by atoms with E-state index in [1.54, 1.807) is 18.0 Å². The zero-order valence-electron chi connectivity index (χ0n) is 35.1. The topological polar surface area (TPSA) is 184 Å². The van der Waals surface area contributed by atoms with Crippen LogP contribution in [0.5, 0.6) is 0 Å². The number of rotatable bonds is 12. The van der Waals surface area contributed by atoms with Crippen LogP contribution in [0.15, 0.2) is 73.1 Å². The van der Waals surface area contributed by atoms with E-state index in [1.807, 2.05) is 11.1 Å². The van der Waals surface area contributed by atoms with Crippen molar-refractivity contribution in [3.8, 4) is 33.6 Å². The van der Waals surface area contributed by atoms with Gasteiger partial charge < -0.3 is 44.6 Å². The number of fused-ring (bicyclic) bond motifs is 1. The van der Waals surface area contributed by atoms with E-state index < -0.39 is 30.4 Å². The number of imidazole rings is 2. The van der Waals surface area contributed by atoms with E-state index in [2.05, 4.69) is 81.3 Å². The number of hydrogen-bond acceptors (Lipinski definition) is 9. The van der Waals surface area contributed by atoms with Crippen LogP contribution in [0.1, 0.15) is 82.0 Å². The van der Waals surface area contributed by atoms with Gasteiger partial charge in [-0.3, -0.25) is 9.59 Å². The third-order valence-electron chi connectivity index (χ3n) is 12.7. The van der Waals surface area contributed by atoms with E-state index >= 15 is 0 Å². The number of ether oxygens (including phenoxy) is 3. The lowest BCUT2D eigenvalue weighted by atomic mass is 9.96. The molecule has 1 saturated carbocycles. The second-order valence-electron chi connectivity index (χ2n) is 16.3. The maximum absolute atomic E-state index is 13.9. The predicted molar refractivity (Wildman–Crippen MR) is 229 cm³/mol. The van der Waals surface area contributed by atoms with Gasteiger partial charge in [0.2, 0.25) is 11.8 Å². The summed E-state index contributed by atoms with van der Waals surface area (Å²) in [6, 6.07) is 19.2. The van der Waals surface area contributed by atoms with Gasteiger partial charge in [-0.05, 0) is 91.0 Å². The fourth-order valence-corrected chi connectivity index (χ4v) is 9.29. The fraction of sp³-hybridized carbons (Fsp3) is 0.435. The van der Waals surface area contributed by atoms with Crippen molar-refractivity contribution in [2.24, 2.45) is 5.92 Å². The number of benzene rings is 3. The summed E-state index contributed by atoms with van der Waals surface area (Å²) in [5.74, 6) is 1.24. The summed E-state index contributed by atoms with van der Waals surface area (Å²) in [4.78, 5) is 71.9. The number of carbonyl (C=O) groups excluding carboxylic acids is 4. The van der Waals surface area contributed by atoms with Gasteiger partial charge in [0.1, 0.15) is 23.7 Å². The number of likely N-dealkylation sites (tertiary alicyclic amines) is 2. The lowest BCUT2D eigenvalue weighted by molar-refractivity contribution is -0.137. The smallest absolute Gasteiger partial charge is 0.407 e. The molecule has 8 rings (SSSR count). The molecule has 320 valence electrons. The summed E-state index contributed by atoms with van der Waals surface area (Å²) < 4.78 is 15.0. The number of methoxy groups -OCH3 is 3. The highest BCUT2D eigenvalue weighted by molar-refractivity contribution is 5.91. The van der Waals surface area contributed by atoms with Crippen molar-refractivity contribution in [3.05, 3.63) is 84.7 Å². The minimum atomic E-state index is -0.895. The molecular formula is C46H54N8O7. The molecule has 3 fully saturated rings. The molecule has 3 aliphatic rings. The van der Waals surface area contributed by atoms with Crippen LogP contribution in [0, 0.1) is 5.92 Å². The summed E-state index contributed by atoms with van der Waals surface area (Å²) in [5.41, 5.74) is 5.87. The zero-order chi connectivity index (χ0) is 42.6. The molecule has 0 spiro atoms. The molecule has 4 heterocycles. The van der Waals surface area contributed by atoms with Crippen LogP contribution in [0.4, 0.5) is 9.59 Å². The fourth-order valence-electron chi connectivity index (χ4n) is 9.29. The molecule has 0 unspecified atom stereocenters. The molecule has 4 N–H and O–H groups in total. The second-order valence-corrected chi connectivity index (χ2v) is 16.3. The van der Waals surface area contributed by atoms with Crippen molar-refractivity contribution in [1.82, 2.24) is 40.4 Å². The molecule has 1 aliphatic carbocycles. The van der Waals surface area contributed by atoms with Crippen molar-refractivity contribution >= 4 is 34.8 Å². The van der Waals surface area contributed by atoms with Crippen molar-refractivity contribution in [3.63, 3.8) is 0 Å². The van der Waals surface area contributed by atoms with E-state index in [0.29, 0.717) is 18.9 Å². The summed E-state index contributed by atoms with van der Waals surface area (Å²) in [6.45, 7) is 2.91. The Labute approximate surface area is 354 Å². The maximum atomic E-state index is 13.9. The van der Waals surface area contributed by atoms with Gasteiger partial charge >= 0.3 is 12.2 Å². The normalized spacial score (nSPS) is 19.5. The Bertz CT molecular complexity index is 2370. The zero-order valence-corrected chi connectivity index (χ0v) is 35.1. The first-order valence-electron chi connectivity index (χ1n) is 21.2. The highest BCUT2D eigenvalue weighted by Crippen LogP contribution is 2.37. The number of hydrogen-bond donors (Lipinski definition) is 4. The van der Waals surface area contributed by atoms with Gasteiger partial charge in [-0.25, -0.2) is 19.6 Å². The van der Waals surface area contributed by atoms with Gasteiger partial charge in [-0.1, -0.05) is 61.4 Å². The number of alkyl carbamates (subject to hydrolysis) is 2. The first-order valence-corrected chi connectivity index (χ1v) is 21.2. The molecule has 0 bridgehead atoms. The van der Waals surface area contributed by atoms with E-state index in [4.69, 9.17) is 24.2 Å². The van der Waals surface area contributed by atoms with Crippen molar-refractivity contribution < 1.29 is 33.4 Å². The van der Waals surface area contributed by atoms with E-state index in [0.717, 1.165) is 102 Å². The Morgan fingerprint density at radius 2 is 1.15 bits per heavy atom. The van der Waals surface area contributed by atoms with Crippen LogP contribution in [-0.4, -0.2) is 106 Å². The maximum Gasteiger partial charge on any atom is 0.407 e. The van der Waals surface area contributed by atoms with Gasteiger partial charge in [-0.15, -0.1) is 0 Å². The predicted octanol–water partition coefficient (Wildman–Crippen LogP) is 7.29. The Balaban J connectivity index is 0.936. The Morgan fingerprint density at radius 3 is 1.74 bits per heavy atom. The van der Waals surface area contributed by atoms with Gasteiger partial charge in [0.15, 0.2) is 0 Å². The third kappa shape index (κ3) is 8.69. The highest BCUT2D eigenvalue weighted by atomic mass is 16.5. The molecular weight excluding hydrogens is 777 g/mol. The average Bonchev–Trinajstić information content (AvgIpc) is 4.15. The Morgan fingerprint density at radius 1 is 0.639 bits per heavy atom. The monoisotopic (exact) mass is 830 g/mol. The van der Waals surface area contributed by atoms with Crippen molar-refractivity contribution in [1.29, 1.82) is 0 Å². The molecule has 5 aromatic rings. The Kier molecular flexibility index (Phi) is 12.4. The van der Waals surface area contributed by atoms with E-state index in [-0.39, 0.29) is 29.8 Å². The molecule has 3 aromatic carbocycles. The molecule has 2 aliphatic heterocycles. The molecule has 15 heteroatoms. The lowest BCUT2D eigenvalue weighted by Crippen LogP contribution is -2.54. The lowest BCUT2D eigenvalue weighted by Gasteiger charge is -2.31. The Hall–Kier alpha value is -6.22. The minimum Gasteiger partial charge on any atom is -0.453 e. The summed E-state index contributed by atoms with van der Waals surface area (Å²) in [7, 11) is 4.09. The van der Waals surface area contributed by atoms with Crippen LogP contribution < -0.4 is 10.6 Å². The molecule has 2 aromatic heterocycles. The number of carbonyl (C=O) groups is 4. The van der Waals surface area contributed by atoms with Crippen LogP contribution >= 0.6 is 0 Å². The molecule has 4 amide bonds. The SMILES string of the molecule is COC(=O)N[C@H](C(=O)N1CCC[C@H]1c1ncc(-c2ccc(-c3ccc4cc(-c5cnc([C@@H]6CCCN6C(=O)[C@@H](NC(=O)OC)[C@@H](C)OC)[nH]5)ccc4c3)cc2)[nH]1)C1CCCC1. The number of nitrogens with one attached hydrogen (secondary N) is 4. The first kappa shape index (κ1) is 41.5. The molecule has 2 saturated heterocycles. The number of amides is 4. The quantitative estimate of drug-likeness (QED) is 0.100. The molecule has 0 radical (unpaired) electrons. The van der Waals surface area contributed by atoms with Gasteiger partial charge in [0.05, 0.1) is 56.2 Å². The molecule has 61 heavy (non-hydrogen) atoms.